The number of aliphatic carboxylic acids is 1. The summed E-state index contributed by atoms with van der Waals surface area (Å²) in [5, 5.41) is 11.6. The molecule has 0 bridgehead atoms. The molecule has 6 nitrogen and oxygen atoms in total. The molecule has 2 unspecified atom stereocenters. The van der Waals surface area contributed by atoms with E-state index in [1.54, 1.807) is 20.8 Å². The SMILES string of the molecule is Cc1nc2cc(F)cc(C(=O)NC(C)C(C)C(=O)O)c2nc1C. The molecule has 0 aliphatic carbocycles. The molecule has 1 heterocycles. The van der Waals surface area contributed by atoms with Crippen molar-refractivity contribution in [2.45, 2.75) is 33.7 Å². The van der Waals surface area contributed by atoms with Gasteiger partial charge in [0.15, 0.2) is 0 Å². The fourth-order valence-electron chi connectivity index (χ4n) is 2.09. The number of aromatic nitrogens is 2. The number of carboxylic acid groups (broad SMARTS) is 1. The van der Waals surface area contributed by atoms with Gasteiger partial charge in [0.2, 0.25) is 0 Å². The smallest absolute Gasteiger partial charge is 0.308 e. The summed E-state index contributed by atoms with van der Waals surface area (Å²) in [5.41, 5.74) is 1.92. The summed E-state index contributed by atoms with van der Waals surface area (Å²) in [4.78, 5) is 31.9. The first kappa shape index (κ1) is 16.8. The second kappa shape index (κ2) is 6.28. The summed E-state index contributed by atoms with van der Waals surface area (Å²) in [5.74, 6) is -2.96. The van der Waals surface area contributed by atoms with Gasteiger partial charge in [0.25, 0.3) is 5.91 Å². The highest BCUT2D eigenvalue weighted by Crippen LogP contribution is 2.19. The van der Waals surface area contributed by atoms with E-state index in [1.807, 2.05) is 0 Å². The van der Waals surface area contributed by atoms with E-state index in [0.717, 1.165) is 6.07 Å². The van der Waals surface area contributed by atoms with E-state index in [9.17, 15) is 14.0 Å². The molecular formula is C16H18FN3O3. The minimum atomic E-state index is -1.02. The normalized spacial score (nSPS) is 13.6. The van der Waals surface area contributed by atoms with Gasteiger partial charge in [0, 0.05) is 12.1 Å². The van der Waals surface area contributed by atoms with Crippen LogP contribution >= 0.6 is 0 Å². The van der Waals surface area contributed by atoms with Crippen LogP contribution in [0.3, 0.4) is 0 Å². The number of rotatable bonds is 4. The number of amides is 1. The number of fused-ring (bicyclic) bond motifs is 1. The van der Waals surface area contributed by atoms with Crippen molar-refractivity contribution in [2.24, 2.45) is 5.92 Å². The van der Waals surface area contributed by atoms with Gasteiger partial charge in [-0.1, -0.05) is 0 Å². The van der Waals surface area contributed by atoms with E-state index in [4.69, 9.17) is 5.11 Å². The minimum Gasteiger partial charge on any atom is -0.481 e. The molecule has 2 rings (SSSR count). The van der Waals surface area contributed by atoms with Gasteiger partial charge < -0.3 is 10.4 Å². The van der Waals surface area contributed by atoms with Crippen molar-refractivity contribution in [2.75, 3.05) is 0 Å². The fourth-order valence-corrected chi connectivity index (χ4v) is 2.09. The zero-order valence-corrected chi connectivity index (χ0v) is 13.3. The summed E-state index contributed by atoms with van der Waals surface area (Å²) in [7, 11) is 0. The third kappa shape index (κ3) is 3.44. The van der Waals surface area contributed by atoms with Crippen molar-refractivity contribution in [1.29, 1.82) is 0 Å². The number of carboxylic acids is 1. The number of nitrogens with one attached hydrogen (secondary N) is 1. The van der Waals surface area contributed by atoms with Crippen LogP contribution in [-0.4, -0.2) is 33.0 Å². The summed E-state index contributed by atoms with van der Waals surface area (Å²) >= 11 is 0. The minimum absolute atomic E-state index is 0.0417. The Morgan fingerprint density at radius 2 is 1.78 bits per heavy atom. The van der Waals surface area contributed by atoms with Gasteiger partial charge in [-0.2, -0.15) is 0 Å². The third-order valence-corrected chi connectivity index (χ3v) is 3.89. The molecule has 1 amide bonds. The molecule has 0 saturated carbocycles. The highest BCUT2D eigenvalue weighted by Gasteiger charge is 2.23. The summed E-state index contributed by atoms with van der Waals surface area (Å²) in [6, 6.07) is 1.69. The Labute approximate surface area is 132 Å². The molecule has 2 aromatic rings. The zero-order chi connectivity index (χ0) is 17.3. The second-order valence-corrected chi connectivity index (χ2v) is 5.60. The van der Waals surface area contributed by atoms with Crippen molar-refractivity contribution in [3.8, 4) is 0 Å². The Morgan fingerprint density at radius 3 is 2.39 bits per heavy atom. The van der Waals surface area contributed by atoms with E-state index >= 15 is 0 Å². The summed E-state index contributed by atoms with van der Waals surface area (Å²) < 4.78 is 13.8. The molecule has 0 fully saturated rings. The van der Waals surface area contributed by atoms with E-state index in [-0.39, 0.29) is 11.1 Å². The molecule has 2 atom stereocenters. The summed E-state index contributed by atoms with van der Waals surface area (Å²) in [6.07, 6.45) is 0. The first-order valence-electron chi connectivity index (χ1n) is 7.19. The molecule has 2 N–H and O–H groups in total. The Kier molecular flexibility index (Phi) is 4.58. The number of carbonyl (C=O) groups is 2. The molecular weight excluding hydrogens is 301 g/mol. The Hall–Kier alpha value is -2.57. The molecule has 0 aliphatic heterocycles. The predicted octanol–water partition coefficient (Wildman–Crippen LogP) is 2.22. The third-order valence-electron chi connectivity index (χ3n) is 3.89. The van der Waals surface area contributed by atoms with E-state index < -0.39 is 29.7 Å². The van der Waals surface area contributed by atoms with Crippen LogP contribution in [0.1, 0.15) is 35.6 Å². The van der Waals surface area contributed by atoms with Gasteiger partial charge in [-0.3, -0.25) is 9.59 Å². The van der Waals surface area contributed by atoms with Crippen LogP contribution < -0.4 is 5.32 Å². The van der Waals surface area contributed by atoms with Gasteiger partial charge in [-0.15, -0.1) is 0 Å². The van der Waals surface area contributed by atoms with Crippen molar-refractivity contribution in [3.63, 3.8) is 0 Å². The van der Waals surface area contributed by atoms with E-state index in [0.29, 0.717) is 16.9 Å². The molecule has 1 aromatic carbocycles. The average Bonchev–Trinajstić information content (AvgIpc) is 2.47. The van der Waals surface area contributed by atoms with Crippen LogP contribution in [0.4, 0.5) is 4.39 Å². The first-order valence-corrected chi connectivity index (χ1v) is 7.19. The standard InChI is InChI=1S/C16H18FN3O3/c1-7(16(22)23)8(2)20-15(21)12-5-11(17)6-13-14(12)19-10(4)9(3)18-13/h5-8H,1-4H3,(H,20,21)(H,22,23). The van der Waals surface area contributed by atoms with Crippen molar-refractivity contribution in [1.82, 2.24) is 15.3 Å². The Balaban J connectivity index is 2.44. The molecule has 23 heavy (non-hydrogen) atoms. The lowest BCUT2D eigenvalue weighted by molar-refractivity contribution is -0.141. The quantitative estimate of drug-likeness (QED) is 0.901. The van der Waals surface area contributed by atoms with Crippen molar-refractivity contribution in [3.05, 3.63) is 34.9 Å². The van der Waals surface area contributed by atoms with Crippen LogP contribution in [0.25, 0.3) is 11.0 Å². The number of halogens is 1. The van der Waals surface area contributed by atoms with Crippen LogP contribution in [0, 0.1) is 25.6 Å². The zero-order valence-electron chi connectivity index (χ0n) is 13.3. The van der Waals surface area contributed by atoms with Crippen LogP contribution in [0.2, 0.25) is 0 Å². The highest BCUT2D eigenvalue weighted by molar-refractivity contribution is 6.05. The molecule has 0 spiro atoms. The second-order valence-electron chi connectivity index (χ2n) is 5.60. The number of hydrogen-bond donors (Lipinski definition) is 2. The number of nitrogens with zero attached hydrogens (tertiary/aromatic N) is 2. The lowest BCUT2D eigenvalue weighted by Gasteiger charge is -2.18. The maximum Gasteiger partial charge on any atom is 0.308 e. The molecule has 1 aromatic heterocycles. The molecule has 7 heteroatoms. The van der Waals surface area contributed by atoms with E-state index in [2.05, 4.69) is 15.3 Å². The van der Waals surface area contributed by atoms with Gasteiger partial charge in [0.05, 0.1) is 28.4 Å². The van der Waals surface area contributed by atoms with E-state index in [1.165, 1.54) is 13.0 Å². The van der Waals surface area contributed by atoms with Crippen LogP contribution in [0.5, 0.6) is 0 Å². The topological polar surface area (TPSA) is 92.2 Å². The Morgan fingerprint density at radius 1 is 1.17 bits per heavy atom. The monoisotopic (exact) mass is 319 g/mol. The number of hydrogen-bond acceptors (Lipinski definition) is 4. The molecule has 0 saturated heterocycles. The predicted molar refractivity (Wildman–Crippen MR) is 82.7 cm³/mol. The van der Waals surface area contributed by atoms with Crippen molar-refractivity contribution >= 4 is 22.9 Å². The number of carbonyl (C=O) groups excluding carboxylic acids is 1. The fraction of sp³-hybridized carbons (Fsp3) is 0.375. The van der Waals surface area contributed by atoms with Crippen molar-refractivity contribution < 1.29 is 19.1 Å². The maximum atomic E-state index is 13.8. The lowest BCUT2D eigenvalue weighted by atomic mass is 10.0. The first-order chi connectivity index (χ1) is 10.7. The molecule has 0 radical (unpaired) electrons. The average molecular weight is 319 g/mol. The van der Waals surface area contributed by atoms with Crippen LogP contribution in [0.15, 0.2) is 12.1 Å². The largest absolute Gasteiger partial charge is 0.481 e. The highest BCUT2D eigenvalue weighted by atomic mass is 19.1. The van der Waals surface area contributed by atoms with Gasteiger partial charge in [-0.25, -0.2) is 14.4 Å². The van der Waals surface area contributed by atoms with Crippen LogP contribution in [-0.2, 0) is 4.79 Å². The molecule has 122 valence electrons. The number of aryl methyl sites for hydroxylation is 2. The van der Waals surface area contributed by atoms with Gasteiger partial charge >= 0.3 is 5.97 Å². The maximum absolute atomic E-state index is 13.8. The lowest BCUT2D eigenvalue weighted by Crippen LogP contribution is -2.40. The Bertz CT molecular complexity index is 792. The molecule has 0 aliphatic rings. The van der Waals surface area contributed by atoms with Gasteiger partial charge in [0.1, 0.15) is 11.3 Å². The number of benzene rings is 1. The summed E-state index contributed by atoms with van der Waals surface area (Å²) in [6.45, 7) is 6.58. The van der Waals surface area contributed by atoms with Gasteiger partial charge in [-0.05, 0) is 33.8 Å².